The fraction of sp³-hybridized carbons (Fsp3) is 0.412. The van der Waals surface area contributed by atoms with Gasteiger partial charge in [0.15, 0.2) is 0 Å². The van der Waals surface area contributed by atoms with Crippen molar-refractivity contribution in [3.63, 3.8) is 0 Å². The highest BCUT2D eigenvalue weighted by atomic mass is 16.5. The van der Waals surface area contributed by atoms with Gasteiger partial charge in [-0.25, -0.2) is 0 Å². The molecule has 1 fully saturated rings. The maximum Gasteiger partial charge on any atom is 0.120 e. The standard InChI is InChI=1S/C17H20O2/c18-15-9-7-13-8-10-17(12-14(13)11-15)19-16-5-3-1-2-4-6-16/h7-12,16,18H,1-6H2. The molecule has 0 bridgehead atoms. The van der Waals surface area contributed by atoms with E-state index < -0.39 is 0 Å². The van der Waals surface area contributed by atoms with E-state index in [1.807, 2.05) is 18.2 Å². The zero-order valence-electron chi connectivity index (χ0n) is 11.1. The average molecular weight is 256 g/mol. The third kappa shape index (κ3) is 3.01. The first-order valence-corrected chi connectivity index (χ1v) is 7.21. The molecule has 0 saturated heterocycles. The van der Waals surface area contributed by atoms with E-state index in [1.165, 1.54) is 25.7 Å². The first-order valence-electron chi connectivity index (χ1n) is 7.21. The van der Waals surface area contributed by atoms with Crippen LogP contribution in [0.5, 0.6) is 11.5 Å². The SMILES string of the molecule is Oc1ccc2ccc(OC3CCCCCC3)cc2c1. The Labute approximate surface area is 114 Å². The highest BCUT2D eigenvalue weighted by Crippen LogP contribution is 2.27. The Kier molecular flexibility index (Phi) is 3.58. The molecule has 2 nitrogen and oxygen atoms in total. The lowest BCUT2D eigenvalue weighted by molar-refractivity contribution is 0.184. The summed E-state index contributed by atoms with van der Waals surface area (Å²) in [7, 11) is 0. The number of ether oxygens (including phenoxy) is 1. The molecule has 0 heterocycles. The number of benzene rings is 2. The summed E-state index contributed by atoms with van der Waals surface area (Å²) >= 11 is 0. The van der Waals surface area contributed by atoms with Gasteiger partial charge in [0.05, 0.1) is 6.10 Å². The molecule has 0 atom stereocenters. The number of aromatic hydroxyl groups is 1. The molecular formula is C17H20O2. The van der Waals surface area contributed by atoms with Crippen LogP contribution in [0.4, 0.5) is 0 Å². The first-order chi connectivity index (χ1) is 9.31. The quantitative estimate of drug-likeness (QED) is 0.793. The molecule has 0 amide bonds. The van der Waals surface area contributed by atoms with Crippen molar-refractivity contribution in [1.82, 2.24) is 0 Å². The molecule has 0 radical (unpaired) electrons. The molecule has 2 heteroatoms. The summed E-state index contributed by atoms with van der Waals surface area (Å²) in [6.45, 7) is 0. The van der Waals surface area contributed by atoms with Gasteiger partial charge in [-0.3, -0.25) is 0 Å². The van der Waals surface area contributed by atoms with Crippen molar-refractivity contribution < 1.29 is 9.84 Å². The molecule has 2 aromatic rings. The zero-order valence-corrected chi connectivity index (χ0v) is 11.1. The van der Waals surface area contributed by atoms with Crippen LogP contribution in [0.2, 0.25) is 0 Å². The molecule has 1 N–H and O–H groups in total. The second kappa shape index (κ2) is 5.52. The third-order valence-corrected chi connectivity index (χ3v) is 3.90. The van der Waals surface area contributed by atoms with Gasteiger partial charge in [0.1, 0.15) is 11.5 Å². The number of fused-ring (bicyclic) bond motifs is 1. The van der Waals surface area contributed by atoms with Crippen LogP contribution in [0.25, 0.3) is 10.8 Å². The van der Waals surface area contributed by atoms with E-state index in [1.54, 1.807) is 12.1 Å². The predicted molar refractivity (Wildman–Crippen MR) is 77.7 cm³/mol. The summed E-state index contributed by atoms with van der Waals surface area (Å²) in [4.78, 5) is 0. The lowest BCUT2D eigenvalue weighted by Gasteiger charge is -2.17. The van der Waals surface area contributed by atoms with Gasteiger partial charge < -0.3 is 9.84 Å². The Hall–Kier alpha value is -1.70. The highest BCUT2D eigenvalue weighted by Gasteiger charge is 2.13. The van der Waals surface area contributed by atoms with Crippen LogP contribution < -0.4 is 4.74 Å². The van der Waals surface area contributed by atoms with Crippen LogP contribution in [-0.4, -0.2) is 11.2 Å². The lowest BCUT2D eigenvalue weighted by Crippen LogP contribution is -2.14. The summed E-state index contributed by atoms with van der Waals surface area (Å²) in [6.07, 6.45) is 7.92. The van der Waals surface area contributed by atoms with E-state index in [0.717, 1.165) is 29.4 Å². The third-order valence-electron chi connectivity index (χ3n) is 3.90. The Morgan fingerprint density at radius 2 is 1.58 bits per heavy atom. The molecule has 0 aliphatic heterocycles. The van der Waals surface area contributed by atoms with Crippen LogP contribution in [0.15, 0.2) is 36.4 Å². The monoisotopic (exact) mass is 256 g/mol. The minimum atomic E-state index is 0.305. The molecular weight excluding hydrogens is 236 g/mol. The number of hydrogen-bond donors (Lipinski definition) is 1. The number of phenolic OH excluding ortho intramolecular Hbond substituents is 1. The Balaban J connectivity index is 1.80. The number of hydrogen-bond acceptors (Lipinski definition) is 2. The predicted octanol–water partition coefficient (Wildman–Crippen LogP) is 4.65. The van der Waals surface area contributed by atoms with Gasteiger partial charge in [-0.05, 0) is 60.7 Å². The second-order valence-electron chi connectivity index (χ2n) is 5.42. The van der Waals surface area contributed by atoms with E-state index >= 15 is 0 Å². The highest BCUT2D eigenvalue weighted by molar-refractivity contribution is 5.85. The van der Waals surface area contributed by atoms with Crippen molar-refractivity contribution in [2.45, 2.75) is 44.6 Å². The molecule has 0 spiro atoms. The van der Waals surface area contributed by atoms with Gasteiger partial charge in [0.25, 0.3) is 0 Å². The van der Waals surface area contributed by atoms with Gasteiger partial charge in [-0.15, -0.1) is 0 Å². The number of rotatable bonds is 2. The molecule has 1 aliphatic rings. The van der Waals surface area contributed by atoms with Gasteiger partial charge in [0, 0.05) is 0 Å². The maximum atomic E-state index is 9.54. The zero-order chi connectivity index (χ0) is 13.1. The molecule has 3 rings (SSSR count). The van der Waals surface area contributed by atoms with Crippen LogP contribution in [0.3, 0.4) is 0 Å². The van der Waals surface area contributed by atoms with Gasteiger partial charge >= 0.3 is 0 Å². The number of phenols is 1. The molecule has 19 heavy (non-hydrogen) atoms. The Bertz CT molecular complexity index is 554. The second-order valence-corrected chi connectivity index (χ2v) is 5.42. The van der Waals surface area contributed by atoms with Crippen LogP contribution in [-0.2, 0) is 0 Å². The summed E-state index contributed by atoms with van der Waals surface area (Å²) in [5.41, 5.74) is 0. The minimum absolute atomic E-state index is 0.305. The summed E-state index contributed by atoms with van der Waals surface area (Å²) in [5.74, 6) is 1.23. The molecule has 0 unspecified atom stereocenters. The fourth-order valence-corrected chi connectivity index (χ4v) is 2.84. The summed E-state index contributed by atoms with van der Waals surface area (Å²) in [6, 6.07) is 11.6. The molecule has 1 saturated carbocycles. The Morgan fingerprint density at radius 1 is 0.842 bits per heavy atom. The molecule has 1 aliphatic carbocycles. The van der Waals surface area contributed by atoms with Crippen molar-refractivity contribution in [2.24, 2.45) is 0 Å². The van der Waals surface area contributed by atoms with Crippen molar-refractivity contribution in [2.75, 3.05) is 0 Å². The topological polar surface area (TPSA) is 29.5 Å². The van der Waals surface area contributed by atoms with E-state index in [2.05, 4.69) is 6.07 Å². The van der Waals surface area contributed by atoms with Crippen LogP contribution >= 0.6 is 0 Å². The normalized spacial score (nSPS) is 17.3. The molecule has 2 aromatic carbocycles. The Morgan fingerprint density at radius 3 is 2.37 bits per heavy atom. The van der Waals surface area contributed by atoms with E-state index in [9.17, 15) is 5.11 Å². The molecule has 0 aromatic heterocycles. The smallest absolute Gasteiger partial charge is 0.120 e. The van der Waals surface area contributed by atoms with Gasteiger partial charge in [-0.1, -0.05) is 25.0 Å². The largest absolute Gasteiger partial charge is 0.508 e. The molecule has 100 valence electrons. The van der Waals surface area contributed by atoms with E-state index in [0.29, 0.717) is 11.9 Å². The van der Waals surface area contributed by atoms with Gasteiger partial charge in [0.2, 0.25) is 0 Å². The van der Waals surface area contributed by atoms with Gasteiger partial charge in [-0.2, -0.15) is 0 Å². The maximum absolute atomic E-state index is 9.54. The fourth-order valence-electron chi connectivity index (χ4n) is 2.84. The van der Waals surface area contributed by atoms with E-state index in [-0.39, 0.29) is 0 Å². The van der Waals surface area contributed by atoms with Crippen molar-refractivity contribution >= 4 is 10.8 Å². The van der Waals surface area contributed by atoms with Crippen molar-refractivity contribution in [3.8, 4) is 11.5 Å². The first kappa shape index (κ1) is 12.3. The van der Waals surface area contributed by atoms with Crippen LogP contribution in [0, 0.1) is 0 Å². The van der Waals surface area contributed by atoms with Crippen molar-refractivity contribution in [3.05, 3.63) is 36.4 Å². The van der Waals surface area contributed by atoms with E-state index in [4.69, 9.17) is 4.74 Å². The van der Waals surface area contributed by atoms with Crippen molar-refractivity contribution in [1.29, 1.82) is 0 Å². The summed E-state index contributed by atoms with van der Waals surface area (Å²) < 4.78 is 6.10. The minimum Gasteiger partial charge on any atom is -0.508 e. The summed E-state index contributed by atoms with van der Waals surface area (Å²) in [5, 5.41) is 11.7. The average Bonchev–Trinajstić information content (AvgIpc) is 2.67. The lowest BCUT2D eigenvalue weighted by atomic mass is 10.1. The van der Waals surface area contributed by atoms with Crippen LogP contribution in [0.1, 0.15) is 38.5 Å².